The van der Waals surface area contributed by atoms with Gasteiger partial charge in [0, 0.05) is 0 Å². The third-order valence-corrected chi connectivity index (χ3v) is 1.21. The lowest BCUT2D eigenvalue weighted by Gasteiger charge is -1.86. The van der Waals surface area contributed by atoms with E-state index in [2.05, 4.69) is 9.30 Å². The molecule has 4 nitrogen and oxygen atoms in total. The molecule has 0 aliphatic carbocycles. The molecule has 2 heterocycles. The molecule has 0 amide bonds. The van der Waals surface area contributed by atoms with Crippen LogP contribution in [-0.4, -0.2) is 5.26 Å². The summed E-state index contributed by atoms with van der Waals surface area (Å²) in [6, 6.07) is 7.12. The highest BCUT2D eigenvalue weighted by molar-refractivity contribution is 4.95. The van der Waals surface area contributed by atoms with Crippen molar-refractivity contribution in [1.82, 2.24) is 0 Å². The van der Waals surface area contributed by atoms with Gasteiger partial charge in [-0.2, -0.15) is 0 Å². The average molecular weight is 182 g/mol. The van der Waals surface area contributed by atoms with Crippen LogP contribution in [-0.2, 0) is 11.5 Å². The zero-order valence-electron chi connectivity index (χ0n) is 6.92. The smallest absolute Gasteiger partial charge is 0.140 e. The Morgan fingerprint density at radius 2 is 1.92 bits per heavy atom. The SMILES string of the molecule is OOCc1ccco1.c1ccoc1. The maximum absolute atomic E-state index is 7.88. The fourth-order valence-corrected chi connectivity index (χ4v) is 0.685. The molecule has 0 aliphatic heterocycles. The van der Waals surface area contributed by atoms with Gasteiger partial charge in [0.25, 0.3) is 0 Å². The lowest BCUT2D eigenvalue weighted by atomic mass is 10.5. The standard InChI is InChI=1S/C5H6O3.C4H4O/c6-8-4-5-2-1-3-7-5;1-2-4-5-3-1/h1-3,6H,4H2;1-4H. The van der Waals surface area contributed by atoms with Crippen molar-refractivity contribution in [1.29, 1.82) is 0 Å². The molecule has 0 radical (unpaired) electrons. The van der Waals surface area contributed by atoms with Crippen molar-refractivity contribution in [3.63, 3.8) is 0 Å². The van der Waals surface area contributed by atoms with Gasteiger partial charge < -0.3 is 8.83 Å². The van der Waals surface area contributed by atoms with Gasteiger partial charge in [-0.25, -0.2) is 4.89 Å². The minimum Gasteiger partial charge on any atom is -0.473 e. The topological polar surface area (TPSA) is 55.7 Å². The van der Waals surface area contributed by atoms with Gasteiger partial charge in [0.2, 0.25) is 0 Å². The van der Waals surface area contributed by atoms with Crippen LogP contribution in [0.15, 0.2) is 51.9 Å². The highest BCUT2D eigenvalue weighted by atomic mass is 17.1. The molecule has 2 aromatic rings. The minimum absolute atomic E-state index is 0.118. The zero-order chi connectivity index (χ0) is 9.36. The van der Waals surface area contributed by atoms with E-state index in [9.17, 15) is 0 Å². The van der Waals surface area contributed by atoms with Crippen molar-refractivity contribution in [3.8, 4) is 0 Å². The molecule has 2 rings (SSSR count). The third-order valence-electron chi connectivity index (χ3n) is 1.21. The Morgan fingerprint density at radius 1 is 1.15 bits per heavy atom. The molecule has 0 fully saturated rings. The summed E-state index contributed by atoms with van der Waals surface area (Å²) in [6.45, 7) is 0.118. The van der Waals surface area contributed by atoms with Crippen LogP contribution in [0.3, 0.4) is 0 Å². The minimum atomic E-state index is 0.118. The molecule has 2 aromatic heterocycles. The molecule has 13 heavy (non-hydrogen) atoms. The summed E-state index contributed by atoms with van der Waals surface area (Å²) in [5.41, 5.74) is 0. The first-order valence-electron chi connectivity index (χ1n) is 3.69. The molecule has 0 saturated carbocycles. The first-order chi connectivity index (χ1) is 6.43. The van der Waals surface area contributed by atoms with Crippen molar-refractivity contribution in [2.75, 3.05) is 0 Å². The van der Waals surface area contributed by atoms with Gasteiger partial charge in [0.15, 0.2) is 0 Å². The second-order valence-electron chi connectivity index (χ2n) is 2.15. The molecule has 0 atom stereocenters. The number of hydrogen-bond donors (Lipinski definition) is 1. The molecule has 0 aliphatic rings. The molecular weight excluding hydrogens is 172 g/mol. The Kier molecular flexibility index (Phi) is 4.45. The van der Waals surface area contributed by atoms with Crippen LogP contribution in [0, 0.1) is 0 Å². The highest BCUT2D eigenvalue weighted by Crippen LogP contribution is 1.99. The van der Waals surface area contributed by atoms with E-state index >= 15 is 0 Å². The van der Waals surface area contributed by atoms with Gasteiger partial charge >= 0.3 is 0 Å². The maximum Gasteiger partial charge on any atom is 0.140 e. The summed E-state index contributed by atoms with van der Waals surface area (Å²) >= 11 is 0. The Bertz CT molecular complexity index is 255. The van der Waals surface area contributed by atoms with Crippen molar-refractivity contribution >= 4 is 0 Å². The molecule has 1 N–H and O–H groups in total. The second kappa shape index (κ2) is 6.05. The monoisotopic (exact) mass is 182 g/mol. The van der Waals surface area contributed by atoms with Crippen molar-refractivity contribution in [2.24, 2.45) is 0 Å². The Balaban J connectivity index is 0.000000145. The molecule has 0 saturated heterocycles. The summed E-state index contributed by atoms with van der Waals surface area (Å²) < 4.78 is 9.37. The van der Waals surface area contributed by atoms with Crippen LogP contribution >= 0.6 is 0 Å². The summed E-state index contributed by atoms with van der Waals surface area (Å²) in [5, 5.41) is 7.88. The van der Waals surface area contributed by atoms with E-state index in [1.807, 2.05) is 12.1 Å². The van der Waals surface area contributed by atoms with E-state index in [0.29, 0.717) is 5.76 Å². The van der Waals surface area contributed by atoms with Crippen molar-refractivity contribution in [3.05, 3.63) is 48.8 Å². The summed E-state index contributed by atoms with van der Waals surface area (Å²) in [4.78, 5) is 3.79. The van der Waals surface area contributed by atoms with Crippen molar-refractivity contribution in [2.45, 2.75) is 6.61 Å². The quantitative estimate of drug-likeness (QED) is 0.572. The van der Waals surface area contributed by atoms with E-state index in [1.165, 1.54) is 6.26 Å². The lowest BCUT2D eigenvalue weighted by Crippen LogP contribution is -1.81. The average Bonchev–Trinajstić information content (AvgIpc) is 2.79. The van der Waals surface area contributed by atoms with Gasteiger partial charge in [0.05, 0.1) is 18.8 Å². The lowest BCUT2D eigenvalue weighted by molar-refractivity contribution is -0.256. The number of rotatable bonds is 2. The second-order valence-corrected chi connectivity index (χ2v) is 2.15. The zero-order valence-corrected chi connectivity index (χ0v) is 6.92. The van der Waals surface area contributed by atoms with Crippen molar-refractivity contribution < 1.29 is 19.0 Å². The molecule has 0 unspecified atom stereocenters. The number of hydrogen-bond acceptors (Lipinski definition) is 4. The molecule has 4 heteroatoms. The highest BCUT2D eigenvalue weighted by Gasteiger charge is 1.90. The summed E-state index contributed by atoms with van der Waals surface area (Å²) in [5.74, 6) is 0.618. The van der Waals surface area contributed by atoms with E-state index in [1.54, 1.807) is 24.7 Å². The van der Waals surface area contributed by atoms with E-state index < -0.39 is 0 Å². The molecule has 0 bridgehead atoms. The molecule has 70 valence electrons. The van der Waals surface area contributed by atoms with Crippen LogP contribution in [0.25, 0.3) is 0 Å². The summed E-state index contributed by atoms with van der Waals surface area (Å²) in [7, 11) is 0. The van der Waals surface area contributed by atoms with Crippen LogP contribution in [0.4, 0.5) is 0 Å². The van der Waals surface area contributed by atoms with Gasteiger partial charge in [-0.1, -0.05) is 0 Å². The van der Waals surface area contributed by atoms with Crippen LogP contribution in [0.2, 0.25) is 0 Å². The first-order valence-corrected chi connectivity index (χ1v) is 3.69. The Morgan fingerprint density at radius 3 is 2.31 bits per heavy atom. The molecular formula is C9H10O4. The largest absolute Gasteiger partial charge is 0.473 e. The van der Waals surface area contributed by atoms with Gasteiger partial charge in [0.1, 0.15) is 12.4 Å². The van der Waals surface area contributed by atoms with Gasteiger partial charge in [-0.15, -0.1) is 0 Å². The van der Waals surface area contributed by atoms with Crippen LogP contribution in [0.5, 0.6) is 0 Å². The first kappa shape index (κ1) is 9.57. The van der Waals surface area contributed by atoms with Crippen LogP contribution in [0.1, 0.15) is 5.76 Å². The molecule has 0 spiro atoms. The Hall–Kier alpha value is -1.52. The van der Waals surface area contributed by atoms with Crippen LogP contribution < -0.4 is 0 Å². The third kappa shape index (κ3) is 4.15. The predicted molar refractivity (Wildman–Crippen MR) is 44.8 cm³/mol. The van der Waals surface area contributed by atoms with E-state index in [-0.39, 0.29) is 6.61 Å². The van der Waals surface area contributed by atoms with E-state index in [0.717, 1.165) is 0 Å². The number of furan rings is 2. The maximum atomic E-state index is 7.88. The molecule has 0 aromatic carbocycles. The fourth-order valence-electron chi connectivity index (χ4n) is 0.685. The van der Waals surface area contributed by atoms with E-state index in [4.69, 9.17) is 9.67 Å². The summed E-state index contributed by atoms with van der Waals surface area (Å²) in [6.07, 6.45) is 4.77. The van der Waals surface area contributed by atoms with Gasteiger partial charge in [-0.05, 0) is 24.3 Å². The van der Waals surface area contributed by atoms with Gasteiger partial charge in [-0.3, -0.25) is 5.26 Å². The Labute approximate surface area is 75.3 Å². The fraction of sp³-hybridized carbons (Fsp3) is 0.111. The predicted octanol–water partition coefficient (Wildman–Crippen LogP) is 2.55. The normalized spacial score (nSPS) is 9.00.